The van der Waals surface area contributed by atoms with Gasteiger partial charge in [0.1, 0.15) is 28.3 Å². The lowest BCUT2D eigenvalue weighted by molar-refractivity contribution is 0.476. The zero-order valence-corrected chi connectivity index (χ0v) is 14.8. The van der Waals surface area contributed by atoms with Crippen LogP contribution in [-0.4, -0.2) is 19.8 Å². The van der Waals surface area contributed by atoms with Gasteiger partial charge in [-0.1, -0.05) is 35.9 Å². The normalized spacial score (nSPS) is 10.9. The van der Waals surface area contributed by atoms with Gasteiger partial charge in [-0.25, -0.2) is 4.39 Å². The molecule has 0 saturated carbocycles. The van der Waals surface area contributed by atoms with Gasteiger partial charge >= 0.3 is 0 Å². The molecule has 0 atom stereocenters. The highest BCUT2D eigenvalue weighted by molar-refractivity contribution is 6.31. The number of rotatable bonds is 2. The van der Waals surface area contributed by atoms with Crippen molar-refractivity contribution in [2.45, 2.75) is 0 Å². The SMILES string of the molecule is N#Cc1c(O)c2c(cc(Cl)n2-c2ccc(-c3ccccc3O)cc2F)[nH]c1=O. The second-order valence-electron chi connectivity index (χ2n) is 6.04. The summed E-state index contributed by atoms with van der Waals surface area (Å²) >= 11 is 6.22. The lowest BCUT2D eigenvalue weighted by Crippen LogP contribution is -2.10. The summed E-state index contributed by atoms with van der Waals surface area (Å²) in [6.45, 7) is 0. The highest BCUT2D eigenvalue weighted by Crippen LogP contribution is 2.36. The number of fused-ring (bicyclic) bond motifs is 1. The molecule has 0 bridgehead atoms. The molecule has 0 amide bonds. The molecule has 0 unspecified atom stereocenters. The molecule has 3 N–H and O–H groups in total. The largest absolute Gasteiger partial charge is 0.507 e. The number of para-hydroxylation sites is 1. The zero-order valence-electron chi connectivity index (χ0n) is 14.1. The van der Waals surface area contributed by atoms with Gasteiger partial charge in [0, 0.05) is 5.56 Å². The molecule has 8 heteroatoms. The van der Waals surface area contributed by atoms with Crippen LogP contribution < -0.4 is 5.56 Å². The lowest BCUT2D eigenvalue weighted by Gasteiger charge is -2.12. The van der Waals surface area contributed by atoms with Gasteiger partial charge in [-0.05, 0) is 29.8 Å². The Labute approximate surface area is 162 Å². The zero-order chi connectivity index (χ0) is 20.0. The van der Waals surface area contributed by atoms with E-state index in [9.17, 15) is 19.4 Å². The number of halogens is 2. The number of hydrogen-bond donors (Lipinski definition) is 3. The standard InChI is InChI=1S/C20H11ClFN3O3/c21-17-8-14-18(19(27)12(9-23)20(28)24-14)25(17)15-6-5-10(7-13(15)22)11-3-1-2-4-16(11)26/h1-8,26H,(H2,24,27,28). The molecule has 0 saturated heterocycles. The summed E-state index contributed by atoms with van der Waals surface area (Å²) in [6, 6.07) is 13.7. The van der Waals surface area contributed by atoms with Crippen molar-refractivity contribution in [2.75, 3.05) is 0 Å². The first-order valence-electron chi connectivity index (χ1n) is 8.07. The van der Waals surface area contributed by atoms with E-state index >= 15 is 0 Å². The van der Waals surface area contributed by atoms with E-state index in [1.165, 1.54) is 28.8 Å². The third kappa shape index (κ3) is 2.59. The number of phenols is 1. The van der Waals surface area contributed by atoms with Crippen LogP contribution in [0.5, 0.6) is 11.5 Å². The van der Waals surface area contributed by atoms with E-state index in [2.05, 4.69) is 4.98 Å². The topological polar surface area (TPSA) is 102 Å². The van der Waals surface area contributed by atoms with Gasteiger partial charge in [0.15, 0.2) is 11.3 Å². The van der Waals surface area contributed by atoms with Gasteiger partial charge < -0.3 is 15.2 Å². The van der Waals surface area contributed by atoms with Crippen LogP contribution in [0.25, 0.3) is 27.8 Å². The third-order valence-electron chi connectivity index (χ3n) is 4.41. The highest BCUT2D eigenvalue weighted by atomic mass is 35.5. The third-order valence-corrected chi connectivity index (χ3v) is 4.69. The van der Waals surface area contributed by atoms with E-state index in [4.69, 9.17) is 16.9 Å². The van der Waals surface area contributed by atoms with Crippen LogP contribution in [0.15, 0.2) is 53.3 Å². The molecule has 2 aromatic heterocycles. The second-order valence-corrected chi connectivity index (χ2v) is 6.42. The molecule has 0 aliphatic rings. The number of nitrogens with zero attached hydrogens (tertiary/aromatic N) is 2. The van der Waals surface area contributed by atoms with Gasteiger partial charge in [-0.15, -0.1) is 0 Å². The Morgan fingerprint density at radius 2 is 1.89 bits per heavy atom. The number of aromatic amines is 1. The van der Waals surface area contributed by atoms with Crippen molar-refractivity contribution in [1.29, 1.82) is 5.26 Å². The van der Waals surface area contributed by atoms with Crippen LogP contribution in [-0.2, 0) is 0 Å². The summed E-state index contributed by atoms with van der Waals surface area (Å²) in [5, 5.41) is 29.5. The number of phenolic OH excluding ortho intramolecular Hbond substituents is 1. The molecule has 6 nitrogen and oxygen atoms in total. The molecule has 0 aliphatic carbocycles. The average Bonchev–Trinajstić information content (AvgIpc) is 2.98. The fourth-order valence-corrected chi connectivity index (χ4v) is 3.42. The number of nitrogens with one attached hydrogen (secondary N) is 1. The van der Waals surface area contributed by atoms with Crippen molar-refractivity contribution in [2.24, 2.45) is 0 Å². The first-order chi connectivity index (χ1) is 13.4. The molecule has 2 heterocycles. The van der Waals surface area contributed by atoms with Crippen molar-refractivity contribution in [3.63, 3.8) is 0 Å². The van der Waals surface area contributed by atoms with E-state index in [1.54, 1.807) is 30.3 Å². The summed E-state index contributed by atoms with van der Waals surface area (Å²) in [5.74, 6) is -1.26. The number of nitriles is 1. The van der Waals surface area contributed by atoms with E-state index in [0.717, 1.165) is 0 Å². The van der Waals surface area contributed by atoms with Crippen LogP contribution in [0.2, 0.25) is 5.15 Å². The molecular weight excluding hydrogens is 385 g/mol. The van der Waals surface area contributed by atoms with Crippen LogP contribution in [0, 0.1) is 17.1 Å². The Morgan fingerprint density at radius 3 is 2.57 bits per heavy atom. The van der Waals surface area contributed by atoms with Gasteiger partial charge in [0.05, 0.1) is 11.2 Å². The molecule has 4 aromatic rings. The van der Waals surface area contributed by atoms with Gasteiger partial charge in [0.25, 0.3) is 5.56 Å². The molecule has 0 spiro atoms. The van der Waals surface area contributed by atoms with E-state index in [0.29, 0.717) is 11.1 Å². The van der Waals surface area contributed by atoms with Crippen molar-refractivity contribution >= 4 is 22.6 Å². The van der Waals surface area contributed by atoms with Gasteiger partial charge in [0.2, 0.25) is 0 Å². The van der Waals surface area contributed by atoms with Crippen molar-refractivity contribution in [3.8, 4) is 34.4 Å². The Bertz CT molecular complexity index is 1350. The van der Waals surface area contributed by atoms with E-state index in [1.807, 2.05) is 0 Å². The maximum Gasteiger partial charge on any atom is 0.270 e. The Morgan fingerprint density at radius 1 is 1.14 bits per heavy atom. The van der Waals surface area contributed by atoms with Gasteiger partial charge in [-0.2, -0.15) is 5.26 Å². The van der Waals surface area contributed by atoms with Crippen molar-refractivity contribution in [3.05, 3.63) is 75.4 Å². The molecule has 0 fully saturated rings. The van der Waals surface area contributed by atoms with Crippen LogP contribution in [0.1, 0.15) is 5.56 Å². The quantitative estimate of drug-likeness (QED) is 0.476. The summed E-state index contributed by atoms with van der Waals surface area (Å²) in [5.41, 5.74) is -0.180. The van der Waals surface area contributed by atoms with E-state index < -0.39 is 22.7 Å². The maximum atomic E-state index is 15.0. The minimum absolute atomic E-state index is 0.00501. The summed E-state index contributed by atoms with van der Waals surface area (Å²) in [4.78, 5) is 14.3. The number of pyridine rings is 1. The lowest BCUT2D eigenvalue weighted by atomic mass is 10.0. The first kappa shape index (κ1) is 17.6. The Balaban J connectivity index is 1.97. The summed E-state index contributed by atoms with van der Waals surface area (Å²) in [6.07, 6.45) is 0. The highest BCUT2D eigenvalue weighted by Gasteiger charge is 2.21. The molecule has 0 aliphatic heterocycles. The molecule has 0 radical (unpaired) electrons. The van der Waals surface area contributed by atoms with Crippen LogP contribution in [0.4, 0.5) is 4.39 Å². The first-order valence-corrected chi connectivity index (χ1v) is 8.44. The average molecular weight is 396 g/mol. The Kier molecular flexibility index (Phi) is 4.06. The predicted molar refractivity (Wildman–Crippen MR) is 102 cm³/mol. The number of hydrogen-bond acceptors (Lipinski definition) is 4. The molecule has 2 aromatic carbocycles. The minimum Gasteiger partial charge on any atom is -0.507 e. The summed E-state index contributed by atoms with van der Waals surface area (Å²) in [7, 11) is 0. The van der Waals surface area contributed by atoms with Crippen molar-refractivity contribution < 1.29 is 14.6 Å². The number of aromatic hydroxyl groups is 2. The Hall–Kier alpha value is -3.76. The smallest absolute Gasteiger partial charge is 0.270 e. The number of aromatic nitrogens is 2. The maximum absolute atomic E-state index is 15.0. The van der Waals surface area contributed by atoms with Crippen LogP contribution in [0.3, 0.4) is 0 Å². The van der Waals surface area contributed by atoms with Crippen molar-refractivity contribution in [1.82, 2.24) is 9.55 Å². The summed E-state index contributed by atoms with van der Waals surface area (Å²) < 4.78 is 16.2. The molecular formula is C20H11ClFN3O3. The minimum atomic E-state index is -0.767. The molecule has 28 heavy (non-hydrogen) atoms. The monoisotopic (exact) mass is 395 g/mol. The fourth-order valence-electron chi connectivity index (χ4n) is 3.13. The number of benzene rings is 2. The predicted octanol–water partition coefficient (Wildman–Crippen LogP) is 4.06. The van der Waals surface area contributed by atoms with Crippen LogP contribution >= 0.6 is 11.6 Å². The number of H-pyrrole nitrogens is 1. The molecule has 4 rings (SSSR count). The molecule has 138 valence electrons. The van der Waals surface area contributed by atoms with Gasteiger partial charge in [-0.3, -0.25) is 9.36 Å². The fraction of sp³-hybridized carbons (Fsp3) is 0. The second kappa shape index (κ2) is 6.44. The van der Waals surface area contributed by atoms with E-state index in [-0.39, 0.29) is 27.6 Å².